The maximum absolute atomic E-state index is 2.33. The minimum Gasteiger partial charge on any atom is -0.344 e. The Labute approximate surface area is 752 Å². The molecule has 0 radical (unpaired) electrons. The Morgan fingerprint density at radius 2 is 0.496 bits per heavy atom. The van der Waals surface area contributed by atoms with Gasteiger partial charge in [0.15, 0.2) is 0 Å². The van der Waals surface area contributed by atoms with Gasteiger partial charge in [0.2, 0.25) is 0 Å². The number of rotatable bonds is 0. The van der Waals surface area contributed by atoms with Crippen molar-refractivity contribution >= 4 is 184 Å². The third-order valence-electron chi connectivity index (χ3n) is 27.6. The number of benzene rings is 22. The summed E-state index contributed by atoms with van der Waals surface area (Å²) in [6.07, 6.45) is 2.16. The first-order valence-corrected chi connectivity index (χ1v) is 45.3. The van der Waals surface area contributed by atoms with Gasteiger partial charge < -0.3 is 18.3 Å². The summed E-state index contributed by atoms with van der Waals surface area (Å²) in [4.78, 5) is 0. The summed E-state index contributed by atoms with van der Waals surface area (Å²) in [7, 11) is 8.62. The zero-order valence-electron chi connectivity index (χ0n) is 75.1. The average molecular weight is 1660 g/mol. The minimum atomic E-state index is 1.08. The Bertz CT molecular complexity index is 8900. The monoisotopic (exact) mass is 1660 g/mol. The highest BCUT2D eigenvalue weighted by molar-refractivity contribution is 6.25. The number of aryl methyl sites for hydroxylation is 11. The molecular formula is C125H100N4. The van der Waals surface area contributed by atoms with Gasteiger partial charge in [-0.15, -0.1) is 0 Å². The lowest BCUT2D eigenvalue weighted by Crippen LogP contribution is -1.88. The van der Waals surface area contributed by atoms with E-state index < -0.39 is 0 Å². The van der Waals surface area contributed by atoms with Crippen LogP contribution in [0.3, 0.4) is 0 Å². The molecule has 2 aliphatic carbocycles. The summed E-state index contributed by atoms with van der Waals surface area (Å²) in [5.74, 6) is 0. The molecule has 129 heavy (non-hydrogen) atoms. The summed E-state index contributed by atoms with van der Waals surface area (Å²) >= 11 is 0. The zero-order valence-corrected chi connectivity index (χ0v) is 75.1. The van der Waals surface area contributed by atoms with Crippen molar-refractivity contribution in [3.05, 3.63) is 443 Å². The molecule has 620 valence electrons. The van der Waals surface area contributed by atoms with E-state index in [-0.39, 0.29) is 0 Å². The molecule has 0 spiro atoms. The van der Waals surface area contributed by atoms with Crippen molar-refractivity contribution in [2.75, 3.05) is 0 Å². The molecule has 0 N–H and O–H groups in total. The molecule has 4 nitrogen and oxygen atoms in total. The molecule has 28 rings (SSSR count). The number of hydrogen-bond donors (Lipinski definition) is 0. The van der Waals surface area contributed by atoms with Gasteiger partial charge in [0, 0.05) is 115 Å². The lowest BCUT2D eigenvalue weighted by Gasteiger charge is -2.11. The van der Waals surface area contributed by atoms with Crippen LogP contribution in [0.4, 0.5) is 0 Å². The molecule has 0 bridgehead atoms. The van der Waals surface area contributed by atoms with Crippen LogP contribution in [0, 0.1) is 48.5 Å². The highest BCUT2D eigenvalue weighted by Crippen LogP contribution is 2.46. The first kappa shape index (κ1) is 79.5. The Hall–Kier alpha value is -15.4. The molecule has 4 heterocycles. The summed E-state index contributed by atoms with van der Waals surface area (Å²) in [5, 5.41) is 35.0. The van der Waals surface area contributed by atoms with Crippen molar-refractivity contribution < 1.29 is 0 Å². The van der Waals surface area contributed by atoms with Gasteiger partial charge in [-0.1, -0.05) is 356 Å². The van der Waals surface area contributed by atoms with Crippen LogP contribution in [0.1, 0.15) is 61.2 Å². The van der Waals surface area contributed by atoms with Gasteiger partial charge in [-0.2, -0.15) is 0 Å². The standard InChI is InChI=1S/4C18H15N.2C18H14.C17H12/c1-12-7-10-17-16(11-12)15-9-8-13-5-3-4-6-14(13)18(15)19(17)2;1-12-7-9-16-15(11-12)18-14-6-4-3-5-13(14)8-10-17(18)19(16)2;1-12-7-9-15-17(11-12)19(2)16-10-8-13-5-3-4-6-14(13)18(15)16;1-12-7-9-15-16-10-8-13-5-3-4-6-14(13)18(16)19(2)17(15)11-12;1-12-6-9-17-15(10-12)11-14-8-7-13-4-2-3-5-16(13)18(14)17;1-12-6-7-14-11-15-9-8-13-4-2-3-5-16(13)18(15)17(14)10-12;1-11-9-14-7-5-12-3-2-4-13-6-8-15(10-11)17(14)16(12)13/h4*3-11H,1-2H3;2*2-10H,11H2,1H3;2-10H,1H3. The first-order valence-electron chi connectivity index (χ1n) is 45.3. The van der Waals surface area contributed by atoms with Crippen molar-refractivity contribution in [2.45, 2.75) is 61.3 Å². The van der Waals surface area contributed by atoms with Crippen molar-refractivity contribution in [3.63, 3.8) is 0 Å². The minimum absolute atomic E-state index is 1.08. The fourth-order valence-electron chi connectivity index (χ4n) is 21.5. The van der Waals surface area contributed by atoms with Crippen molar-refractivity contribution in [2.24, 2.45) is 28.2 Å². The molecule has 0 amide bonds. The number of nitrogens with zero attached hydrogens (tertiary/aromatic N) is 4. The highest BCUT2D eigenvalue weighted by atomic mass is 15.0. The predicted octanol–water partition coefficient (Wildman–Crippen LogP) is 33.5. The van der Waals surface area contributed by atoms with Gasteiger partial charge in [-0.25, -0.2) is 0 Å². The van der Waals surface area contributed by atoms with Crippen LogP contribution < -0.4 is 0 Å². The van der Waals surface area contributed by atoms with E-state index in [9.17, 15) is 0 Å². The Balaban J connectivity index is 0.0000000885. The zero-order chi connectivity index (χ0) is 87.6. The SMILES string of the molecule is Cc1cc2ccc3cccc4ccc(c1)c2c34.Cc1ccc2c(c1)-c1c(ccc3ccccc13)C2.Cc1ccc2c(c1)Cc1ccc3ccccc3c1-2.Cc1ccc2c(c1)c1c3ccccc3ccc1n2C.Cc1ccc2c(c1)c1ccc3ccccc3c1n2C.Cc1ccc2c3c4ccccc4ccc3n(C)c2c1.Cc1ccc2c3ccc4ccccc4c3n(C)c2c1. The Morgan fingerprint density at radius 1 is 0.163 bits per heavy atom. The van der Waals surface area contributed by atoms with Crippen LogP contribution in [-0.4, -0.2) is 18.3 Å². The van der Waals surface area contributed by atoms with E-state index in [1.54, 1.807) is 0 Å². The molecule has 0 saturated heterocycles. The second-order valence-corrected chi connectivity index (χ2v) is 36.2. The average Bonchev–Trinajstić information content (AvgIpc) is 1.28. The van der Waals surface area contributed by atoms with Crippen LogP contribution in [0.15, 0.2) is 382 Å². The van der Waals surface area contributed by atoms with Crippen LogP contribution in [0.25, 0.3) is 206 Å². The van der Waals surface area contributed by atoms with Crippen molar-refractivity contribution in [1.29, 1.82) is 0 Å². The summed E-state index contributed by atoms with van der Waals surface area (Å²) in [6.45, 7) is 15.1. The highest BCUT2D eigenvalue weighted by Gasteiger charge is 2.24. The molecule has 0 atom stereocenters. The van der Waals surface area contributed by atoms with E-state index in [2.05, 4.69) is 477 Å². The van der Waals surface area contributed by atoms with Crippen molar-refractivity contribution in [1.82, 2.24) is 18.3 Å². The topological polar surface area (TPSA) is 19.7 Å². The van der Waals surface area contributed by atoms with Gasteiger partial charge in [0.25, 0.3) is 0 Å². The summed E-state index contributed by atoms with van der Waals surface area (Å²) < 4.78 is 9.22. The number of aromatic nitrogens is 4. The second kappa shape index (κ2) is 32.3. The number of fused-ring (bicyclic) bond motifs is 30. The molecular weight excluding hydrogens is 1560 g/mol. The second-order valence-electron chi connectivity index (χ2n) is 36.2. The molecule has 2 aliphatic rings. The molecule has 4 aromatic heterocycles. The van der Waals surface area contributed by atoms with E-state index in [0.29, 0.717) is 0 Å². The summed E-state index contributed by atoms with van der Waals surface area (Å²) in [6, 6.07) is 139. The molecule has 22 aromatic carbocycles. The lowest BCUT2D eigenvalue weighted by atomic mass is 9.93. The molecule has 0 fully saturated rings. The van der Waals surface area contributed by atoms with E-state index >= 15 is 0 Å². The first-order chi connectivity index (χ1) is 63.0. The molecule has 26 aromatic rings. The van der Waals surface area contributed by atoms with E-state index in [1.807, 2.05) is 0 Å². The van der Waals surface area contributed by atoms with Crippen LogP contribution in [-0.2, 0) is 41.0 Å². The van der Waals surface area contributed by atoms with Gasteiger partial charge in [-0.3, -0.25) is 0 Å². The fraction of sp³-hybridized carbons (Fsp3) is 0.104. The van der Waals surface area contributed by atoms with Crippen LogP contribution in [0.2, 0.25) is 0 Å². The Kier molecular flexibility index (Phi) is 19.9. The van der Waals surface area contributed by atoms with Gasteiger partial charge in [-0.05, 0) is 257 Å². The normalized spacial score (nSPS) is 11.9. The van der Waals surface area contributed by atoms with E-state index in [0.717, 1.165) is 12.8 Å². The maximum Gasteiger partial charge on any atom is 0.0568 e. The third kappa shape index (κ3) is 13.9. The quantitative estimate of drug-likeness (QED) is 0.135. The summed E-state index contributed by atoms with van der Waals surface area (Å²) in [5.41, 5.74) is 31.4. The van der Waals surface area contributed by atoms with E-state index in [4.69, 9.17) is 0 Å². The predicted molar refractivity (Wildman–Crippen MR) is 559 cm³/mol. The number of hydrogen-bond acceptors (Lipinski definition) is 0. The smallest absolute Gasteiger partial charge is 0.0568 e. The lowest BCUT2D eigenvalue weighted by molar-refractivity contribution is 1.01. The van der Waals surface area contributed by atoms with Crippen LogP contribution in [0.5, 0.6) is 0 Å². The van der Waals surface area contributed by atoms with Crippen LogP contribution >= 0.6 is 0 Å². The third-order valence-corrected chi connectivity index (χ3v) is 27.6. The molecule has 0 unspecified atom stereocenters. The van der Waals surface area contributed by atoms with Gasteiger partial charge in [0.1, 0.15) is 0 Å². The fourth-order valence-corrected chi connectivity index (χ4v) is 21.5. The van der Waals surface area contributed by atoms with E-state index in [1.165, 1.54) is 268 Å². The maximum atomic E-state index is 2.33. The molecule has 4 heteroatoms. The molecule has 0 aliphatic heterocycles. The van der Waals surface area contributed by atoms with Gasteiger partial charge >= 0.3 is 0 Å². The van der Waals surface area contributed by atoms with Crippen molar-refractivity contribution in [3.8, 4) is 22.3 Å². The van der Waals surface area contributed by atoms with Gasteiger partial charge in [0.05, 0.1) is 11.0 Å². The Morgan fingerprint density at radius 3 is 1.06 bits per heavy atom. The molecule has 0 saturated carbocycles. The largest absolute Gasteiger partial charge is 0.344 e.